The second kappa shape index (κ2) is 9.15. The molecule has 0 saturated carbocycles. The Morgan fingerprint density at radius 1 is 1.03 bits per heavy atom. The average Bonchev–Trinajstić information content (AvgIpc) is 3.23. The van der Waals surface area contributed by atoms with Gasteiger partial charge in [-0.1, -0.05) is 25.1 Å². The minimum atomic E-state index is -3.28. The molecule has 0 fully saturated rings. The molecule has 0 saturated heterocycles. The number of carbonyl (C=O) groups is 1. The lowest BCUT2D eigenvalue weighted by molar-refractivity contribution is 0.0745. The Morgan fingerprint density at radius 2 is 1.73 bits per heavy atom. The van der Waals surface area contributed by atoms with Gasteiger partial charge in [-0.25, -0.2) is 17.5 Å². The van der Waals surface area contributed by atoms with Crippen LogP contribution in [-0.4, -0.2) is 41.8 Å². The minimum absolute atomic E-state index is 0.131. The van der Waals surface area contributed by atoms with Crippen LogP contribution < -0.4 is 0 Å². The molecule has 0 atom stereocenters. The van der Waals surface area contributed by atoms with Gasteiger partial charge >= 0.3 is 0 Å². The zero-order chi connectivity index (χ0) is 23.6. The Hall–Kier alpha value is -3.52. The number of aromatic nitrogens is 2. The van der Waals surface area contributed by atoms with Gasteiger partial charge in [0, 0.05) is 24.7 Å². The summed E-state index contributed by atoms with van der Waals surface area (Å²) in [5.41, 5.74) is 2.83. The van der Waals surface area contributed by atoms with Crippen molar-refractivity contribution in [2.24, 2.45) is 0 Å². The van der Waals surface area contributed by atoms with Crippen molar-refractivity contribution in [2.45, 2.75) is 24.8 Å². The van der Waals surface area contributed by atoms with E-state index in [9.17, 15) is 17.6 Å². The number of hydrogen-bond acceptors (Lipinski definition) is 4. The van der Waals surface area contributed by atoms with Crippen LogP contribution in [0.3, 0.4) is 0 Å². The molecule has 4 rings (SSSR count). The Labute approximate surface area is 192 Å². The molecule has 0 aliphatic heterocycles. The van der Waals surface area contributed by atoms with Crippen LogP contribution in [-0.2, 0) is 16.4 Å². The highest BCUT2D eigenvalue weighted by Gasteiger charge is 2.20. The molecule has 33 heavy (non-hydrogen) atoms. The van der Waals surface area contributed by atoms with E-state index in [1.54, 1.807) is 58.2 Å². The van der Waals surface area contributed by atoms with Crippen molar-refractivity contribution in [3.8, 4) is 5.69 Å². The zero-order valence-electron chi connectivity index (χ0n) is 18.4. The molecule has 6 nitrogen and oxygen atoms in total. The summed E-state index contributed by atoms with van der Waals surface area (Å²) in [5.74, 6) is -0.459. The summed E-state index contributed by atoms with van der Waals surface area (Å²) in [5, 5.41) is 5.14. The summed E-state index contributed by atoms with van der Waals surface area (Å²) >= 11 is 0. The van der Waals surface area contributed by atoms with Gasteiger partial charge in [-0.3, -0.25) is 4.79 Å². The highest BCUT2D eigenvalue weighted by Crippen LogP contribution is 2.24. The Bertz CT molecular complexity index is 1400. The number of rotatable bonds is 7. The predicted molar refractivity (Wildman–Crippen MR) is 126 cm³/mol. The molecular weight excluding hydrogens is 441 g/mol. The van der Waals surface area contributed by atoms with E-state index in [2.05, 4.69) is 5.10 Å². The lowest BCUT2D eigenvalue weighted by Gasteiger charge is -2.23. The summed E-state index contributed by atoms with van der Waals surface area (Å²) in [6.07, 6.45) is 3.59. The van der Waals surface area contributed by atoms with Crippen molar-refractivity contribution in [1.82, 2.24) is 14.7 Å². The van der Waals surface area contributed by atoms with Crippen LogP contribution in [0.15, 0.2) is 77.8 Å². The summed E-state index contributed by atoms with van der Waals surface area (Å²) < 4.78 is 38.4. The molecule has 0 aliphatic rings. The van der Waals surface area contributed by atoms with E-state index in [0.29, 0.717) is 29.7 Å². The normalized spacial score (nSPS) is 11.6. The van der Waals surface area contributed by atoms with Crippen molar-refractivity contribution in [2.75, 3.05) is 12.8 Å². The SMILES string of the molecule is CCCN(Cc1ccc(S(C)(=O)=O)cc1)C(=O)c1cccc2c1cnn2-c1ccc(F)cc1. The summed E-state index contributed by atoms with van der Waals surface area (Å²) in [6, 6.07) is 18.1. The molecule has 4 aromatic rings. The number of halogens is 1. The van der Waals surface area contributed by atoms with Crippen LogP contribution in [0.4, 0.5) is 4.39 Å². The molecule has 0 aliphatic carbocycles. The smallest absolute Gasteiger partial charge is 0.254 e. The van der Waals surface area contributed by atoms with E-state index in [4.69, 9.17) is 0 Å². The highest BCUT2D eigenvalue weighted by atomic mass is 32.2. The van der Waals surface area contributed by atoms with Crippen molar-refractivity contribution in [1.29, 1.82) is 0 Å². The fraction of sp³-hybridized carbons (Fsp3) is 0.200. The van der Waals surface area contributed by atoms with E-state index in [1.165, 1.54) is 18.4 Å². The van der Waals surface area contributed by atoms with Crippen LogP contribution >= 0.6 is 0 Å². The number of amides is 1. The maximum atomic E-state index is 13.5. The first-order chi connectivity index (χ1) is 15.8. The summed E-state index contributed by atoms with van der Waals surface area (Å²) in [4.78, 5) is 15.5. The van der Waals surface area contributed by atoms with Crippen molar-refractivity contribution >= 4 is 26.6 Å². The Morgan fingerprint density at radius 3 is 2.36 bits per heavy atom. The molecule has 0 spiro atoms. The third-order valence-corrected chi connectivity index (χ3v) is 6.55. The number of fused-ring (bicyclic) bond motifs is 1. The largest absolute Gasteiger partial charge is 0.334 e. The van der Waals surface area contributed by atoms with Crippen molar-refractivity contribution in [3.63, 3.8) is 0 Å². The van der Waals surface area contributed by atoms with Gasteiger partial charge in [-0.15, -0.1) is 0 Å². The van der Waals surface area contributed by atoms with E-state index in [-0.39, 0.29) is 16.6 Å². The minimum Gasteiger partial charge on any atom is -0.334 e. The second-order valence-corrected chi connectivity index (χ2v) is 9.93. The average molecular weight is 466 g/mol. The Kier molecular flexibility index (Phi) is 6.29. The Balaban J connectivity index is 1.66. The van der Waals surface area contributed by atoms with Gasteiger partial charge in [0.25, 0.3) is 5.91 Å². The molecular formula is C25H24FN3O3S. The summed E-state index contributed by atoms with van der Waals surface area (Å²) in [7, 11) is -3.28. The van der Waals surface area contributed by atoms with Crippen LogP contribution in [0.2, 0.25) is 0 Å². The van der Waals surface area contributed by atoms with Gasteiger partial charge in [0.05, 0.1) is 27.9 Å². The molecule has 1 aromatic heterocycles. The van der Waals surface area contributed by atoms with Crippen LogP contribution in [0.5, 0.6) is 0 Å². The number of sulfone groups is 1. The third kappa shape index (κ3) is 4.80. The van der Waals surface area contributed by atoms with Gasteiger partial charge < -0.3 is 4.90 Å². The van der Waals surface area contributed by atoms with Crippen molar-refractivity contribution in [3.05, 3.63) is 89.9 Å². The molecule has 1 amide bonds. The molecule has 0 radical (unpaired) electrons. The molecule has 170 valence electrons. The molecule has 0 unspecified atom stereocenters. The maximum Gasteiger partial charge on any atom is 0.254 e. The van der Waals surface area contributed by atoms with Crippen LogP contribution in [0, 0.1) is 5.82 Å². The van der Waals surface area contributed by atoms with E-state index in [1.807, 2.05) is 19.1 Å². The van der Waals surface area contributed by atoms with Crippen LogP contribution in [0.1, 0.15) is 29.3 Å². The summed E-state index contributed by atoms with van der Waals surface area (Å²) in [6.45, 7) is 2.91. The van der Waals surface area contributed by atoms with E-state index < -0.39 is 9.84 Å². The fourth-order valence-corrected chi connectivity index (χ4v) is 4.41. The number of nitrogens with zero attached hydrogens (tertiary/aromatic N) is 3. The number of carbonyl (C=O) groups excluding carboxylic acids is 1. The van der Waals surface area contributed by atoms with Gasteiger partial charge in [-0.2, -0.15) is 5.10 Å². The predicted octanol–water partition coefficient (Wildman–Crippen LogP) is 4.62. The lowest BCUT2D eigenvalue weighted by atomic mass is 10.1. The zero-order valence-corrected chi connectivity index (χ0v) is 19.2. The quantitative estimate of drug-likeness (QED) is 0.399. The van der Waals surface area contributed by atoms with E-state index >= 15 is 0 Å². The maximum absolute atomic E-state index is 13.5. The lowest BCUT2D eigenvalue weighted by Crippen LogP contribution is -2.31. The topological polar surface area (TPSA) is 72.3 Å². The van der Waals surface area contributed by atoms with Gasteiger partial charge in [0.15, 0.2) is 9.84 Å². The first kappa shape index (κ1) is 22.7. The van der Waals surface area contributed by atoms with Gasteiger partial charge in [0.1, 0.15) is 5.82 Å². The fourth-order valence-electron chi connectivity index (χ4n) is 3.78. The van der Waals surface area contributed by atoms with Crippen LogP contribution in [0.25, 0.3) is 16.6 Å². The molecule has 1 heterocycles. The molecule has 0 bridgehead atoms. The van der Waals surface area contributed by atoms with Gasteiger partial charge in [0.2, 0.25) is 0 Å². The first-order valence-corrected chi connectivity index (χ1v) is 12.5. The third-order valence-electron chi connectivity index (χ3n) is 5.42. The monoisotopic (exact) mass is 465 g/mol. The van der Waals surface area contributed by atoms with E-state index in [0.717, 1.165) is 17.5 Å². The van der Waals surface area contributed by atoms with Crippen molar-refractivity contribution < 1.29 is 17.6 Å². The first-order valence-electron chi connectivity index (χ1n) is 10.6. The molecule has 8 heteroatoms. The highest BCUT2D eigenvalue weighted by molar-refractivity contribution is 7.90. The standard InChI is InChI=1S/C25H24FN3O3S/c1-3-15-28(17-18-7-13-21(14-8-18)33(2,31)32)25(30)22-5-4-6-24-23(22)16-27-29(24)20-11-9-19(26)10-12-20/h4-14,16H,3,15,17H2,1-2H3. The second-order valence-electron chi connectivity index (χ2n) is 7.91. The van der Waals surface area contributed by atoms with Gasteiger partial charge in [-0.05, 0) is 60.5 Å². The number of hydrogen-bond donors (Lipinski definition) is 0. The molecule has 0 N–H and O–H groups in total. The molecule has 3 aromatic carbocycles. The number of benzene rings is 3.